The van der Waals surface area contributed by atoms with Crippen molar-refractivity contribution in [3.8, 4) is 0 Å². The van der Waals surface area contributed by atoms with Crippen LogP contribution in [0.25, 0.3) is 0 Å². The summed E-state index contributed by atoms with van der Waals surface area (Å²) in [6, 6.07) is 0. The lowest BCUT2D eigenvalue weighted by molar-refractivity contribution is -0.420. The van der Waals surface area contributed by atoms with Gasteiger partial charge in [0.15, 0.2) is 40.8 Å². The summed E-state index contributed by atoms with van der Waals surface area (Å²) in [6.07, 6.45) is -17.6. The molecular weight excluding hydrogens is 560 g/mol. The smallest absolute Gasteiger partial charge is 0.304 e. The van der Waals surface area contributed by atoms with E-state index in [9.17, 15) is 64.5 Å². The summed E-state index contributed by atoms with van der Waals surface area (Å²) >= 11 is 0. The molecule has 0 bridgehead atoms. The molecule has 2 heterocycles. The summed E-state index contributed by atoms with van der Waals surface area (Å²) < 4.78 is 21.2. The van der Waals surface area contributed by atoms with Gasteiger partial charge in [-0.15, -0.1) is 0 Å². The Hall–Kier alpha value is -2.58. The lowest BCUT2D eigenvalue weighted by atomic mass is 9.66. The number of esters is 1. The van der Waals surface area contributed by atoms with Gasteiger partial charge in [0.25, 0.3) is 11.4 Å². The highest BCUT2D eigenvalue weighted by Crippen LogP contribution is 2.49. The van der Waals surface area contributed by atoms with Crippen molar-refractivity contribution >= 4 is 34.9 Å². The lowest BCUT2D eigenvalue weighted by Crippen LogP contribution is -2.85. The highest BCUT2D eigenvalue weighted by Gasteiger charge is 2.78. The maximum Gasteiger partial charge on any atom is 0.304 e. The van der Waals surface area contributed by atoms with E-state index in [1.54, 1.807) is 0 Å². The van der Waals surface area contributed by atoms with E-state index in [2.05, 4.69) is 0 Å². The Morgan fingerprint density at radius 1 is 0.732 bits per heavy atom. The Morgan fingerprint density at radius 2 is 1.24 bits per heavy atom. The molecule has 0 radical (unpaired) electrons. The quantitative estimate of drug-likeness (QED) is 0.0920. The molecule has 17 heteroatoms. The predicted molar refractivity (Wildman–Crippen MR) is 126 cm³/mol. The van der Waals surface area contributed by atoms with Crippen molar-refractivity contribution in [1.82, 2.24) is 0 Å². The topological polar surface area (TPSA) is 281 Å². The van der Waals surface area contributed by atoms with Crippen molar-refractivity contribution in [3.63, 3.8) is 0 Å². The van der Waals surface area contributed by atoms with Gasteiger partial charge in [-0.3, -0.25) is 28.8 Å². The van der Waals surface area contributed by atoms with Crippen LogP contribution in [0.5, 0.6) is 0 Å². The number of hydrogen-bond donors (Lipinski definition) is 7. The summed E-state index contributed by atoms with van der Waals surface area (Å²) in [5.41, 5.74) is -10.1. The van der Waals surface area contributed by atoms with Gasteiger partial charge in [0.1, 0.15) is 36.6 Å². The summed E-state index contributed by atoms with van der Waals surface area (Å²) in [6.45, 7) is 2.67. The van der Waals surface area contributed by atoms with E-state index in [1.165, 1.54) is 0 Å². The minimum atomic E-state index is -3.62. The Balaban J connectivity index is 3.07. The third kappa shape index (κ3) is 4.75. The molecule has 0 aromatic carbocycles. The Morgan fingerprint density at radius 3 is 1.61 bits per heavy atom. The van der Waals surface area contributed by atoms with Crippen LogP contribution in [-0.2, 0) is 47.7 Å². The van der Waals surface area contributed by atoms with Gasteiger partial charge in [0, 0.05) is 13.8 Å². The first-order valence-electron chi connectivity index (χ1n) is 12.2. The molecule has 10 atom stereocenters. The largest absolute Gasteiger partial charge is 0.439 e. The third-order valence-corrected chi connectivity index (χ3v) is 7.46. The van der Waals surface area contributed by atoms with Crippen molar-refractivity contribution in [2.45, 2.75) is 107 Å². The van der Waals surface area contributed by atoms with Crippen LogP contribution >= 0.6 is 0 Å². The number of ether oxygens (including phenoxy) is 4. The molecule has 7 N–H and O–H groups in total. The minimum Gasteiger partial charge on any atom is -0.439 e. The molecule has 2 aliphatic rings. The number of aliphatic hydroxyl groups excluding tert-OH is 7. The van der Waals surface area contributed by atoms with E-state index in [0.29, 0.717) is 41.5 Å². The molecule has 0 unspecified atom stereocenters. The number of Topliss-reactive ketones (excluding diaryl/α,β-unsaturated/α-hetero) is 5. The van der Waals surface area contributed by atoms with Crippen LogP contribution in [-0.4, -0.2) is 143 Å². The van der Waals surface area contributed by atoms with Crippen LogP contribution in [0.3, 0.4) is 0 Å². The molecule has 232 valence electrons. The monoisotopic (exact) mass is 594 g/mol. The average Bonchev–Trinajstić information content (AvgIpc) is 2.86. The molecule has 0 spiro atoms. The van der Waals surface area contributed by atoms with Gasteiger partial charge in [0.2, 0.25) is 5.60 Å². The van der Waals surface area contributed by atoms with E-state index in [4.69, 9.17) is 18.9 Å². The predicted octanol–water partition coefficient (Wildman–Crippen LogP) is -5.03. The van der Waals surface area contributed by atoms with E-state index in [-0.39, 0.29) is 0 Å². The number of carbonyl (C=O) groups is 6. The minimum absolute atomic E-state index is 0.608. The second-order valence-corrected chi connectivity index (χ2v) is 9.97. The van der Waals surface area contributed by atoms with Crippen LogP contribution in [0.2, 0.25) is 0 Å². The Kier molecular flexibility index (Phi) is 9.79. The summed E-state index contributed by atoms with van der Waals surface area (Å²) in [5.74, 6) is -12.3. The summed E-state index contributed by atoms with van der Waals surface area (Å²) in [4.78, 5) is 77.8. The van der Waals surface area contributed by atoms with Crippen molar-refractivity contribution in [2.24, 2.45) is 0 Å². The molecule has 0 aromatic heterocycles. The van der Waals surface area contributed by atoms with E-state index >= 15 is 0 Å². The van der Waals surface area contributed by atoms with Crippen LogP contribution in [0, 0.1) is 0 Å². The number of carbonyl (C=O) groups excluding carboxylic acids is 6. The second kappa shape index (κ2) is 11.6. The molecule has 0 amide bonds. The maximum absolute atomic E-state index is 13.3. The molecule has 2 rings (SSSR count). The highest BCUT2D eigenvalue weighted by molar-refractivity contribution is 6.16. The van der Waals surface area contributed by atoms with Crippen LogP contribution in [0.4, 0.5) is 0 Å². The fourth-order valence-electron chi connectivity index (χ4n) is 5.46. The fourth-order valence-corrected chi connectivity index (χ4v) is 5.46. The molecule has 0 aliphatic carbocycles. The number of ketones is 5. The van der Waals surface area contributed by atoms with Gasteiger partial charge in [-0.1, -0.05) is 0 Å². The van der Waals surface area contributed by atoms with Crippen molar-refractivity contribution in [3.05, 3.63) is 0 Å². The molecule has 2 saturated heterocycles. The molecule has 0 saturated carbocycles. The van der Waals surface area contributed by atoms with Gasteiger partial charge < -0.3 is 54.7 Å². The first kappa shape index (κ1) is 34.6. The standard InChI is InChI=1S/C24H34O17/c1-8(26)21(14(7-25)38-20(37)16(33)17(21)34)40-24(12(5)30)19(36)15(32)18(35)23(41-24,11(4)29)22(9(2)27,10(3)28)39-13(6)31/h14-20,25,32-37H,7H2,1-6H3/t14-,15+,16-,17-,18-,19-,20+,21-,23+,24-/m1/s1. The van der Waals surface area contributed by atoms with Gasteiger partial charge >= 0.3 is 5.97 Å². The summed E-state index contributed by atoms with van der Waals surface area (Å²) in [7, 11) is 0. The molecule has 0 aromatic rings. The van der Waals surface area contributed by atoms with Crippen molar-refractivity contribution in [2.75, 3.05) is 6.61 Å². The van der Waals surface area contributed by atoms with Gasteiger partial charge in [-0.05, 0) is 27.7 Å². The van der Waals surface area contributed by atoms with Crippen LogP contribution in [0.1, 0.15) is 41.5 Å². The third-order valence-electron chi connectivity index (χ3n) is 7.46. The number of rotatable bonds is 10. The lowest BCUT2D eigenvalue weighted by Gasteiger charge is -2.59. The molecule has 41 heavy (non-hydrogen) atoms. The average molecular weight is 595 g/mol. The first-order chi connectivity index (χ1) is 18.7. The zero-order valence-electron chi connectivity index (χ0n) is 23.0. The number of aliphatic hydroxyl groups is 7. The Labute approximate surface area is 232 Å². The van der Waals surface area contributed by atoms with Gasteiger partial charge in [-0.2, -0.15) is 0 Å². The fraction of sp³-hybridized carbons (Fsp3) is 0.750. The van der Waals surface area contributed by atoms with Crippen molar-refractivity contribution < 1.29 is 83.5 Å². The van der Waals surface area contributed by atoms with E-state index in [1.807, 2.05) is 0 Å². The van der Waals surface area contributed by atoms with Gasteiger partial charge in [-0.25, -0.2) is 0 Å². The Bertz CT molecular complexity index is 1100. The highest BCUT2D eigenvalue weighted by atomic mass is 16.8. The van der Waals surface area contributed by atoms with Crippen LogP contribution < -0.4 is 0 Å². The van der Waals surface area contributed by atoms with E-state index < -0.39 is 107 Å². The maximum atomic E-state index is 13.3. The molecule has 2 aliphatic heterocycles. The zero-order chi connectivity index (χ0) is 32.0. The normalized spacial score (nSPS) is 39.5. The van der Waals surface area contributed by atoms with Crippen molar-refractivity contribution in [1.29, 1.82) is 0 Å². The second-order valence-electron chi connectivity index (χ2n) is 9.97. The molecule has 17 nitrogen and oxygen atoms in total. The first-order valence-corrected chi connectivity index (χ1v) is 12.2. The number of hydrogen-bond acceptors (Lipinski definition) is 17. The SMILES string of the molecule is CC(=O)OC(C(C)=O)(C(C)=O)[C@@]1(C(C)=O)O[C@](O[C@@]2(C(C)=O)[C@H](O)[C@@H](O)[C@@H](O)O[C@@H]2CO)(C(C)=O)[C@H](O)[C@@H](O)[C@H]1O. The zero-order valence-corrected chi connectivity index (χ0v) is 23.0. The van der Waals surface area contributed by atoms with Gasteiger partial charge in [0.05, 0.1) is 6.61 Å². The molecular formula is C24H34O17. The van der Waals surface area contributed by atoms with Crippen LogP contribution in [0.15, 0.2) is 0 Å². The molecule has 2 fully saturated rings. The summed E-state index contributed by atoms with van der Waals surface area (Å²) in [5, 5.41) is 74.3. The van der Waals surface area contributed by atoms with E-state index in [0.717, 1.165) is 0 Å².